The topological polar surface area (TPSA) is 72.8 Å². The predicted octanol–water partition coefficient (Wildman–Crippen LogP) is 27.8. The SMILES string of the molecule is CC/C=C\C/C=C\C/C=C\C/C=C\CCCCCCCCCCCCCCCCCCCCCCCCCCC(=O)OC(CO)COC(=O)CCCCCCCCCCCCCCCCCCCCCCCCCCCCCCCCCCCCCC. The number of hydrogen-bond donors (Lipinski definition) is 1. The van der Waals surface area contributed by atoms with Crippen molar-refractivity contribution in [2.75, 3.05) is 13.2 Å². The maximum Gasteiger partial charge on any atom is 0.306 e. The van der Waals surface area contributed by atoms with Gasteiger partial charge in [-0.05, 0) is 51.4 Å². The van der Waals surface area contributed by atoms with Crippen LogP contribution in [0.25, 0.3) is 0 Å². The minimum Gasteiger partial charge on any atom is -0.462 e. The van der Waals surface area contributed by atoms with Crippen molar-refractivity contribution in [2.24, 2.45) is 0 Å². The lowest BCUT2D eigenvalue weighted by atomic mass is 10.0. The molecule has 0 rings (SSSR count). The third-order valence-electron chi connectivity index (χ3n) is 18.4. The summed E-state index contributed by atoms with van der Waals surface area (Å²) in [6, 6.07) is 0. The highest BCUT2D eigenvalue weighted by Crippen LogP contribution is 2.20. The molecule has 1 atom stereocenters. The van der Waals surface area contributed by atoms with Gasteiger partial charge in [-0.15, -0.1) is 0 Å². The molecule has 5 heteroatoms. The van der Waals surface area contributed by atoms with Crippen LogP contribution in [0.15, 0.2) is 48.6 Å². The number of aliphatic hydroxyl groups excluding tert-OH is 1. The fourth-order valence-corrected chi connectivity index (χ4v) is 12.5. The summed E-state index contributed by atoms with van der Waals surface area (Å²) >= 11 is 0. The van der Waals surface area contributed by atoms with E-state index in [-0.39, 0.29) is 25.2 Å². The van der Waals surface area contributed by atoms with Crippen molar-refractivity contribution in [1.29, 1.82) is 0 Å². The number of hydrogen-bond acceptors (Lipinski definition) is 5. The Labute approximate surface area is 545 Å². The Kier molecular flexibility index (Phi) is 76.2. The van der Waals surface area contributed by atoms with Crippen molar-refractivity contribution in [3.63, 3.8) is 0 Å². The van der Waals surface area contributed by atoms with Crippen LogP contribution in [-0.2, 0) is 19.1 Å². The number of carbonyl (C=O) groups excluding carboxylic acids is 2. The highest BCUT2D eigenvalue weighted by atomic mass is 16.6. The molecule has 0 aromatic heterocycles. The molecular formula is C82H154O5. The summed E-state index contributed by atoms with van der Waals surface area (Å²) in [5.41, 5.74) is 0. The van der Waals surface area contributed by atoms with E-state index in [1.807, 2.05) is 0 Å². The molecule has 512 valence electrons. The zero-order valence-corrected chi connectivity index (χ0v) is 59.1. The molecule has 0 heterocycles. The van der Waals surface area contributed by atoms with Crippen LogP contribution in [0.5, 0.6) is 0 Å². The van der Waals surface area contributed by atoms with Gasteiger partial charge in [0, 0.05) is 12.8 Å². The molecule has 0 fully saturated rings. The standard InChI is InChI=1S/C82H154O5/c1-3-5-7-9-11-13-15-17-19-21-23-25-27-29-31-33-35-37-39-41-43-45-47-49-51-53-55-57-59-61-63-65-67-69-71-73-75-77-82(85)87-80(78-83)79-86-81(84)76-74-72-70-68-66-64-62-60-58-56-54-52-50-48-46-44-42-40-38-36-34-32-30-28-26-24-22-20-18-16-14-12-10-8-6-4-2/h5,7,11,13,17,19,23,25,80,83H,3-4,6,8-10,12,14-16,18,20-22,24,26-79H2,1-2H3/b7-5-,13-11-,19-17-,25-23-. The van der Waals surface area contributed by atoms with Gasteiger partial charge < -0.3 is 14.6 Å². The Balaban J connectivity index is 3.35. The molecule has 87 heavy (non-hydrogen) atoms. The van der Waals surface area contributed by atoms with Crippen LogP contribution in [-0.4, -0.2) is 36.4 Å². The second kappa shape index (κ2) is 78.1. The number of esters is 2. The van der Waals surface area contributed by atoms with Gasteiger partial charge in [-0.3, -0.25) is 9.59 Å². The normalized spacial score (nSPS) is 12.4. The fourth-order valence-electron chi connectivity index (χ4n) is 12.5. The zero-order valence-electron chi connectivity index (χ0n) is 59.1. The lowest BCUT2D eigenvalue weighted by Gasteiger charge is -2.15. The molecule has 0 aromatic carbocycles. The van der Waals surface area contributed by atoms with Crippen LogP contribution < -0.4 is 0 Å². The molecular weight excluding hydrogens is 1060 g/mol. The summed E-state index contributed by atoms with van der Waals surface area (Å²) in [5.74, 6) is -0.562. The summed E-state index contributed by atoms with van der Waals surface area (Å²) in [4.78, 5) is 24.7. The molecule has 0 radical (unpaired) electrons. The molecule has 0 bridgehead atoms. The molecule has 0 saturated heterocycles. The summed E-state index contributed by atoms with van der Waals surface area (Å²) in [5, 5.41) is 9.73. The second-order valence-electron chi connectivity index (χ2n) is 27.1. The first-order valence-electron chi connectivity index (χ1n) is 39.7. The number of carbonyl (C=O) groups is 2. The van der Waals surface area contributed by atoms with Crippen molar-refractivity contribution >= 4 is 11.9 Å². The number of rotatable bonds is 75. The molecule has 0 spiro atoms. The van der Waals surface area contributed by atoms with Gasteiger partial charge in [0.15, 0.2) is 6.10 Å². The highest BCUT2D eigenvalue weighted by Gasteiger charge is 2.16. The molecule has 1 N–H and O–H groups in total. The molecule has 0 aromatic rings. The van der Waals surface area contributed by atoms with Crippen molar-refractivity contribution in [3.8, 4) is 0 Å². The van der Waals surface area contributed by atoms with Crippen molar-refractivity contribution in [3.05, 3.63) is 48.6 Å². The summed E-state index contributed by atoms with van der Waals surface area (Å²) < 4.78 is 10.8. The van der Waals surface area contributed by atoms with E-state index in [0.29, 0.717) is 12.8 Å². The van der Waals surface area contributed by atoms with E-state index in [1.165, 1.54) is 360 Å². The molecule has 0 saturated carbocycles. The Morgan fingerprint density at radius 3 is 0.747 bits per heavy atom. The average Bonchev–Trinajstić information content (AvgIpc) is 3.52. The van der Waals surface area contributed by atoms with Crippen LogP contribution in [0.4, 0.5) is 0 Å². The average molecular weight is 1220 g/mol. The van der Waals surface area contributed by atoms with Crippen LogP contribution in [0, 0.1) is 0 Å². The van der Waals surface area contributed by atoms with E-state index >= 15 is 0 Å². The maximum atomic E-state index is 12.4. The van der Waals surface area contributed by atoms with Gasteiger partial charge in [0.25, 0.3) is 0 Å². The van der Waals surface area contributed by atoms with Gasteiger partial charge in [0.1, 0.15) is 6.61 Å². The number of unbranched alkanes of at least 4 members (excludes halogenated alkanes) is 59. The highest BCUT2D eigenvalue weighted by molar-refractivity contribution is 5.70. The lowest BCUT2D eigenvalue weighted by molar-refractivity contribution is -0.161. The Morgan fingerprint density at radius 1 is 0.276 bits per heavy atom. The van der Waals surface area contributed by atoms with Gasteiger partial charge in [0.05, 0.1) is 6.61 Å². The fraction of sp³-hybridized carbons (Fsp3) is 0.878. The van der Waals surface area contributed by atoms with Crippen molar-refractivity contribution < 1.29 is 24.2 Å². The van der Waals surface area contributed by atoms with Crippen LogP contribution in [0.2, 0.25) is 0 Å². The second-order valence-corrected chi connectivity index (χ2v) is 27.1. The molecule has 1 unspecified atom stereocenters. The largest absolute Gasteiger partial charge is 0.462 e. The lowest BCUT2D eigenvalue weighted by Crippen LogP contribution is -2.28. The van der Waals surface area contributed by atoms with E-state index in [0.717, 1.165) is 57.8 Å². The van der Waals surface area contributed by atoms with E-state index in [2.05, 4.69) is 62.5 Å². The zero-order chi connectivity index (χ0) is 62.6. The van der Waals surface area contributed by atoms with Gasteiger partial charge in [-0.1, -0.05) is 428 Å². The van der Waals surface area contributed by atoms with Crippen LogP contribution in [0.1, 0.15) is 444 Å². The van der Waals surface area contributed by atoms with Crippen molar-refractivity contribution in [1.82, 2.24) is 0 Å². The third kappa shape index (κ3) is 76.2. The Bertz CT molecular complexity index is 1430. The summed E-state index contributed by atoms with van der Waals surface area (Å²) in [6.07, 6.45) is 106. The number of allylic oxidation sites excluding steroid dienone is 8. The molecule has 0 aliphatic rings. The molecule has 0 amide bonds. The monoisotopic (exact) mass is 1220 g/mol. The van der Waals surface area contributed by atoms with E-state index < -0.39 is 6.10 Å². The Morgan fingerprint density at radius 2 is 0.494 bits per heavy atom. The first-order valence-corrected chi connectivity index (χ1v) is 39.7. The third-order valence-corrected chi connectivity index (χ3v) is 18.4. The van der Waals surface area contributed by atoms with E-state index in [4.69, 9.17) is 9.47 Å². The molecule has 0 aliphatic carbocycles. The minimum atomic E-state index is -0.770. The molecule has 5 nitrogen and oxygen atoms in total. The van der Waals surface area contributed by atoms with Crippen molar-refractivity contribution in [2.45, 2.75) is 450 Å². The van der Waals surface area contributed by atoms with E-state index in [9.17, 15) is 14.7 Å². The predicted molar refractivity (Wildman–Crippen MR) is 385 cm³/mol. The number of aliphatic hydroxyl groups is 1. The summed E-state index contributed by atoms with van der Waals surface area (Å²) in [6.45, 7) is 4.10. The van der Waals surface area contributed by atoms with E-state index in [1.54, 1.807) is 0 Å². The van der Waals surface area contributed by atoms with Gasteiger partial charge in [-0.2, -0.15) is 0 Å². The first-order chi connectivity index (χ1) is 43.1. The van der Waals surface area contributed by atoms with Gasteiger partial charge >= 0.3 is 11.9 Å². The minimum absolute atomic E-state index is 0.0582. The first kappa shape index (κ1) is 84.9. The van der Waals surface area contributed by atoms with Crippen LogP contribution in [0.3, 0.4) is 0 Å². The molecule has 0 aliphatic heterocycles. The van der Waals surface area contributed by atoms with Gasteiger partial charge in [0.2, 0.25) is 0 Å². The maximum absolute atomic E-state index is 12.4. The van der Waals surface area contributed by atoms with Crippen LogP contribution >= 0.6 is 0 Å². The summed E-state index contributed by atoms with van der Waals surface area (Å²) in [7, 11) is 0. The Hall–Kier alpha value is -2.14. The van der Waals surface area contributed by atoms with Gasteiger partial charge in [-0.25, -0.2) is 0 Å². The quantitative estimate of drug-likeness (QED) is 0.0373. The number of ether oxygens (including phenoxy) is 2. The smallest absolute Gasteiger partial charge is 0.306 e.